The molecule has 0 fully saturated rings. The second-order valence-electron chi connectivity index (χ2n) is 6.89. The number of amides is 2. The van der Waals surface area contributed by atoms with E-state index in [1.54, 1.807) is 37.4 Å². The van der Waals surface area contributed by atoms with E-state index >= 15 is 0 Å². The van der Waals surface area contributed by atoms with Gasteiger partial charge in [-0.25, -0.2) is 9.97 Å². The molecule has 184 valence electrons. The van der Waals surface area contributed by atoms with Crippen LogP contribution in [-0.2, 0) is 20.9 Å². The van der Waals surface area contributed by atoms with Gasteiger partial charge in [-0.2, -0.15) is 0 Å². The molecule has 3 aromatic rings. The van der Waals surface area contributed by atoms with Gasteiger partial charge in [0.1, 0.15) is 23.6 Å². The van der Waals surface area contributed by atoms with Gasteiger partial charge in [-0.3, -0.25) is 14.4 Å². The van der Waals surface area contributed by atoms with Gasteiger partial charge in [0.15, 0.2) is 0 Å². The van der Waals surface area contributed by atoms with Gasteiger partial charge in [0, 0.05) is 31.4 Å². The van der Waals surface area contributed by atoms with Crippen molar-refractivity contribution in [2.75, 3.05) is 14.2 Å². The van der Waals surface area contributed by atoms with Gasteiger partial charge in [0.25, 0.3) is 5.91 Å². The van der Waals surface area contributed by atoms with Crippen LogP contribution in [0.5, 0.6) is 17.2 Å². The Morgan fingerprint density at radius 3 is 2.17 bits per heavy atom. The molecular weight excluding hydrogens is 476 g/mol. The summed E-state index contributed by atoms with van der Waals surface area (Å²) >= 11 is 6.15. The van der Waals surface area contributed by atoms with Crippen LogP contribution in [-0.4, -0.2) is 42.0 Å². The van der Waals surface area contributed by atoms with E-state index in [1.807, 2.05) is 12.1 Å². The highest BCUT2D eigenvalue weighted by Crippen LogP contribution is 2.32. The van der Waals surface area contributed by atoms with E-state index in [0.717, 1.165) is 5.56 Å². The number of nitrogens with two attached hydrogens (primary N) is 1. The van der Waals surface area contributed by atoms with Crippen LogP contribution < -0.4 is 20.5 Å². The summed E-state index contributed by atoms with van der Waals surface area (Å²) in [4.78, 5) is 40.2. The number of carbonyl (C=O) groups excluding carboxylic acids is 3. The van der Waals surface area contributed by atoms with E-state index < -0.39 is 11.9 Å². The minimum atomic E-state index is -0.504. The van der Waals surface area contributed by atoms with Crippen molar-refractivity contribution in [2.24, 2.45) is 5.73 Å². The van der Waals surface area contributed by atoms with Crippen LogP contribution >= 0.6 is 11.6 Å². The highest BCUT2D eigenvalue weighted by atomic mass is 35.5. The van der Waals surface area contributed by atoms with E-state index in [9.17, 15) is 14.4 Å². The summed E-state index contributed by atoms with van der Waals surface area (Å²) in [6.07, 6.45) is 4.25. The molecule has 2 aromatic carbocycles. The van der Waals surface area contributed by atoms with Gasteiger partial charge in [-0.05, 0) is 29.8 Å². The Kier molecular flexibility index (Phi) is 11.0. The zero-order valence-corrected chi connectivity index (χ0v) is 19.9. The fourth-order valence-corrected chi connectivity index (χ4v) is 2.74. The minimum absolute atomic E-state index is 0.0672. The van der Waals surface area contributed by atoms with Crippen molar-refractivity contribution in [3.63, 3.8) is 0 Å². The topological polar surface area (TPSA) is 143 Å². The number of benzene rings is 2. The zero-order valence-electron chi connectivity index (χ0n) is 19.2. The van der Waals surface area contributed by atoms with Crippen molar-refractivity contribution in [3.05, 3.63) is 77.3 Å². The minimum Gasteiger partial charge on any atom is -0.497 e. The normalized spacial score (nSPS) is 9.80. The molecule has 35 heavy (non-hydrogen) atoms. The van der Waals surface area contributed by atoms with Gasteiger partial charge in [-0.1, -0.05) is 23.7 Å². The van der Waals surface area contributed by atoms with Crippen LogP contribution in [0.1, 0.15) is 28.8 Å². The highest BCUT2D eigenvalue weighted by molar-refractivity contribution is 6.32. The Balaban J connectivity index is 0.000000402. The predicted octanol–water partition coefficient (Wildman–Crippen LogP) is 3.29. The number of ether oxygens (including phenoxy) is 3. The molecule has 0 saturated heterocycles. The maximum Gasteiger partial charge on any atom is 0.306 e. The van der Waals surface area contributed by atoms with Gasteiger partial charge >= 0.3 is 5.97 Å². The van der Waals surface area contributed by atoms with Crippen LogP contribution in [0.15, 0.2) is 61.2 Å². The van der Waals surface area contributed by atoms with Gasteiger partial charge in [0.2, 0.25) is 5.91 Å². The van der Waals surface area contributed by atoms with Gasteiger partial charge in [0.05, 0.1) is 31.2 Å². The van der Waals surface area contributed by atoms with Crippen LogP contribution in [0, 0.1) is 0 Å². The Morgan fingerprint density at radius 2 is 1.63 bits per heavy atom. The summed E-state index contributed by atoms with van der Waals surface area (Å²) < 4.78 is 15.3. The van der Waals surface area contributed by atoms with E-state index in [1.165, 1.54) is 25.8 Å². The first kappa shape index (κ1) is 27.1. The molecule has 1 heterocycles. The highest BCUT2D eigenvalue weighted by Gasteiger charge is 2.08. The number of carbonyl (C=O) groups is 3. The van der Waals surface area contributed by atoms with Crippen LogP contribution in [0.2, 0.25) is 5.02 Å². The fraction of sp³-hybridized carbons (Fsp3) is 0.208. The number of methoxy groups -OCH3 is 2. The largest absolute Gasteiger partial charge is 0.497 e. The van der Waals surface area contributed by atoms with Crippen molar-refractivity contribution < 1.29 is 28.6 Å². The fourth-order valence-electron chi connectivity index (χ4n) is 2.53. The van der Waals surface area contributed by atoms with Crippen molar-refractivity contribution in [1.82, 2.24) is 15.3 Å². The first-order chi connectivity index (χ1) is 16.8. The molecule has 0 bridgehead atoms. The Hall–Kier alpha value is -4.18. The molecule has 3 rings (SSSR count). The maximum absolute atomic E-state index is 11.7. The van der Waals surface area contributed by atoms with Gasteiger partial charge < -0.3 is 25.3 Å². The molecule has 3 N–H and O–H groups in total. The van der Waals surface area contributed by atoms with Crippen molar-refractivity contribution in [3.8, 4) is 17.2 Å². The third kappa shape index (κ3) is 9.68. The van der Waals surface area contributed by atoms with Gasteiger partial charge in [-0.15, -0.1) is 0 Å². The lowest BCUT2D eigenvalue weighted by atomic mass is 10.2. The zero-order chi connectivity index (χ0) is 25.6. The first-order valence-electron chi connectivity index (χ1n) is 10.3. The summed E-state index contributed by atoms with van der Waals surface area (Å²) in [7, 11) is 2.86. The average Bonchev–Trinajstić information content (AvgIpc) is 2.88. The third-order valence-electron chi connectivity index (χ3n) is 4.41. The lowest BCUT2D eigenvalue weighted by molar-refractivity contribution is -0.142. The molecule has 0 saturated carbocycles. The summed E-state index contributed by atoms with van der Waals surface area (Å²) in [5.41, 5.74) is 6.13. The quantitative estimate of drug-likeness (QED) is 0.426. The van der Waals surface area contributed by atoms with Crippen LogP contribution in [0.4, 0.5) is 0 Å². The number of halogens is 1. The molecule has 11 heteroatoms. The standard InChI is InChI=1S/C19H20ClNO5.C5H5N3O/c1-24-15-7-8-17(16(20)11-15)26-14-5-3-13(4-6-14)12-21-18(22)9-10-19(23)25-2;6-5(9)4-1-7-3-8-2-4/h3-8,11H,9-10,12H2,1-2H3,(H,21,22);1-3H,(H2,6,9). The third-order valence-corrected chi connectivity index (χ3v) is 4.70. The molecule has 2 amide bonds. The molecule has 0 aliphatic carbocycles. The molecule has 0 aliphatic heterocycles. The lowest BCUT2D eigenvalue weighted by Gasteiger charge is -2.10. The Morgan fingerprint density at radius 1 is 0.971 bits per heavy atom. The van der Waals surface area contributed by atoms with Crippen molar-refractivity contribution >= 4 is 29.4 Å². The van der Waals surface area contributed by atoms with E-state index in [0.29, 0.717) is 34.4 Å². The SMILES string of the molecule is COC(=O)CCC(=O)NCc1ccc(Oc2ccc(OC)cc2Cl)cc1.NC(=O)c1cncnc1. The van der Waals surface area contributed by atoms with E-state index in [4.69, 9.17) is 26.8 Å². The van der Waals surface area contributed by atoms with Crippen LogP contribution in [0.25, 0.3) is 0 Å². The van der Waals surface area contributed by atoms with Crippen molar-refractivity contribution in [2.45, 2.75) is 19.4 Å². The molecule has 0 unspecified atom stereocenters. The van der Waals surface area contributed by atoms with Crippen LogP contribution in [0.3, 0.4) is 0 Å². The number of esters is 1. The maximum atomic E-state index is 11.7. The second-order valence-corrected chi connectivity index (χ2v) is 7.29. The molecule has 10 nitrogen and oxygen atoms in total. The first-order valence-corrected chi connectivity index (χ1v) is 10.7. The number of nitrogens with zero attached hydrogens (tertiary/aromatic N) is 2. The molecule has 0 spiro atoms. The summed E-state index contributed by atoms with van der Waals surface area (Å²) in [6, 6.07) is 12.4. The Bertz CT molecular complexity index is 1130. The summed E-state index contributed by atoms with van der Waals surface area (Å²) in [6.45, 7) is 0.365. The molecule has 0 atom stereocenters. The molecule has 1 aromatic heterocycles. The number of nitrogens with one attached hydrogen (secondary N) is 1. The van der Waals surface area contributed by atoms with E-state index in [2.05, 4.69) is 20.0 Å². The summed E-state index contributed by atoms with van der Waals surface area (Å²) in [5, 5.41) is 3.20. The predicted molar refractivity (Wildman–Crippen MR) is 128 cm³/mol. The molecule has 0 radical (unpaired) electrons. The molecular formula is C24H25ClN4O6. The Labute approximate surface area is 207 Å². The monoisotopic (exact) mass is 500 g/mol. The average molecular weight is 501 g/mol. The number of aromatic nitrogens is 2. The smallest absolute Gasteiger partial charge is 0.306 e. The van der Waals surface area contributed by atoms with Crippen molar-refractivity contribution in [1.29, 1.82) is 0 Å². The second kappa shape index (κ2) is 14.2. The molecule has 0 aliphatic rings. The number of rotatable bonds is 9. The summed E-state index contributed by atoms with van der Waals surface area (Å²) in [5.74, 6) is 0.685. The lowest BCUT2D eigenvalue weighted by Crippen LogP contribution is -2.23. The van der Waals surface area contributed by atoms with E-state index in [-0.39, 0.29) is 18.7 Å². The number of hydrogen-bond acceptors (Lipinski definition) is 8. The number of hydrogen-bond donors (Lipinski definition) is 2. The number of primary amides is 1.